The fourth-order valence-corrected chi connectivity index (χ4v) is 4.80. The van der Waals surface area contributed by atoms with Gasteiger partial charge in [-0.05, 0) is 47.4 Å². The van der Waals surface area contributed by atoms with Crippen molar-refractivity contribution >= 4 is 51.4 Å². The van der Waals surface area contributed by atoms with Crippen LogP contribution in [0.2, 0.25) is 0 Å². The monoisotopic (exact) mass is 562 g/mol. The van der Waals surface area contributed by atoms with Crippen LogP contribution in [0.15, 0.2) is 86.9 Å². The molecule has 0 aliphatic heterocycles. The summed E-state index contributed by atoms with van der Waals surface area (Å²) in [5.41, 5.74) is 5.94. The third-order valence-corrected chi connectivity index (χ3v) is 6.73. The zero-order valence-corrected chi connectivity index (χ0v) is 22.2. The van der Waals surface area contributed by atoms with Crippen LogP contribution in [0.5, 0.6) is 5.75 Å². The molecule has 5 rings (SSSR count). The molecular weight excluding hydrogens is 531 g/mol. The Morgan fingerprint density at radius 2 is 1.62 bits per heavy atom. The van der Waals surface area contributed by atoms with Gasteiger partial charge >= 0.3 is 57.1 Å². The van der Waals surface area contributed by atoms with Crippen molar-refractivity contribution in [1.82, 2.24) is 19.7 Å². The van der Waals surface area contributed by atoms with Gasteiger partial charge in [0.25, 0.3) is 5.56 Å². The summed E-state index contributed by atoms with van der Waals surface area (Å²) < 4.78 is 11.7. The van der Waals surface area contributed by atoms with Crippen molar-refractivity contribution in [2.24, 2.45) is 0 Å². The van der Waals surface area contributed by atoms with Crippen molar-refractivity contribution in [2.75, 3.05) is 7.11 Å². The molecule has 0 saturated carbocycles. The quantitative estimate of drug-likeness (QED) is 0.261. The number of hydrogen-bond donors (Lipinski definition) is 1. The molecule has 0 spiro atoms. The Morgan fingerprint density at radius 3 is 2.23 bits per heavy atom. The van der Waals surface area contributed by atoms with E-state index in [0.717, 1.165) is 58.1 Å². The summed E-state index contributed by atoms with van der Waals surface area (Å²) in [6.45, 7) is 4.11. The Morgan fingerprint density at radius 1 is 0.925 bits per heavy atom. The number of aromatic nitrogens is 4. The summed E-state index contributed by atoms with van der Waals surface area (Å²) in [4.78, 5) is 33.0. The molecule has 0 aliphatic carbocycles. The molecule has 0 radical (unpaired) electrons. The molecule has 1 N–H and O–H groups in total. The van der Waals surface area contributed by atoms with Gasteiger partial charge in [0.1, 0.15) is 11.6 Å². The van der Waals surface area contributed by atoms with E-state index in [4.69, 9.17) is 14.2 Å². The molecule has 2 heterocycles. The number of ether oxygens (including phenoxy) is 1. The molecular formula is C31H31KN4O4. The first kappa shape index (κ1) is 29.9. The number of aryl methyl sites for hydroxylation is 2. The Balaban J connectivity index is 0.00000370. The average Bonchev–Trinajstić information content (AvgIpc) is 3.41. The summed E-state index contributed by atoms with van der Waals surface area (Å²) in [5, 5.41) is 3.85. The van der Waals surface area contributed by atoms with Crippen LogP contribution in [0.3, 0.4) is 0 Å². The predicted octanol–water partition coefficient (Wildman–Crippen LogP) is 4.71. The molecule has 0 fully saturated rings. The third kappa shape index (κ3) is 6.29. The number of hydrogen-bond acceptors (Lipinski definition) is 6. The fourth-order valence-electron chi connectivity index (χ4n) is 4.80. The van der Waals surface area contributed by atoms with Gasteiger partial charge in [0.15, 0.2) is 5.82 Å². The van der Waals surface area contributed by atoms with Gasteiger partial charge in [-0.3, -0.25) is 18.9 Å². The molecule has 0 aliphatic rings. The Hall–Kier alpha value is -3.08. The van der Waals surface area contributed by atoms with Gasteiger partial charge in [0, 0.05) is 24.0 Å². The number of nitrogens with one attached hydrogen (secondary N) is 1. The van der Waals surface area contributed by atoms with Crippen LogP contribution in [0.1, 0.15) is 42.9 Å². The normalized spacial score (nSPS) is 10.8. The molecule has 0 bridgehead atoms. The second-order valence-electron chi connectivity index (χ2n) is 9.26. The number of nitrogens with zero attached hydrogens (tertiary/aromatic N) is 3. The molecule has 0 saturated heterocycles. The maximum atomic E-state index is 13.9. The summed E-state index contributed by atoms with van der Waals surface area (Å²) >= 11 is 0. The van der Waals surface area contributed by atoms with Gasteiger partial charge < -0.3 is 4.74 Å². The van der Waals surface area contributed by atoms with Gasteiger partial charge in [-0.25, -0.2) is 9.78 Å². The van der Waals surface area contributed by atoms with Crippen LogP contribution in [0.4, 0.5) is 0 Å². The van der Waals surface area contributed by atoms with Crippen LogP contribution in [0.25, 0.3) is 28.2 Å². The third-order valence-electron chi connectivity index (χ3n) is 6.73. The zero-order valence-electron chi connectivity index (χ0n) is 22.2. The van der Waals surface area contributed by atoms with E-state index in [1.54, 1.807) is 11.7 Å². The van der Waals surface area contributed by atoms with Gasteiger partial charge in [-0.15, -0.1) is 0 Å². The molecule has 0 atom stereocenters. The van der Waals surface area contributed by atoms with Crippen LogP contribution in [0, 0.1) is 0 Å². The number of rotatable bonds is 9. The van der Waals surface area contributed by atoms with E-state index in [-0.39, 0.29) is 56.9 Å². The molecule has 9 heteroatoms. The van der Waals surface area contributed by atoms with E-state index in [9.17, 15) is 9.59 Å². The van der Waals surface area contributed by atoms with Crippen LogP contribution in [-0.4, -0.2) is 78.2 Å². The topological polar surface area (TPSA) is 103 Å². The van der Waals surface area contributed by atoms with Crippen LogP contribution >= 0.6 is 0 Å². The minimum absolute atomic E-state index is 0. The van der Waals surface area contributed by atoms with Crippen LogP contribution in [-0.2, 0) is 19.3 Å². The molecule has 8 nitrogen and oxygen atoms in total. The van der Waals surface area contributed by atoms with Crippen molar-refractivity contribution in [3.05, 3.63) is 116 Å². The summed E-state index contributed by atoms with van der Waals surface area (Å²) in [7, 11) is 1.62. The van der Waals surface area contributed by atoms with Crippen LogP contribution < -0.4 is 16.1 Å². The molecule has 3 aromatic carbocycles. The summed E-state index contributed by atoms with van der Waals surface area (Å²) in [6, 6.07) is 23.2. The number of methoxy groups -OCH3 is 1. The second-order valence-corrected chi connectivity index (χ2v) is 9.26. The average molecular weight is 563 g/mol. The first-order valence-electron chi connectivity index (χ1n) is 13.0. The summed E-state index contributed by atoms with van der Waals surface area (Å²) in [6.07, 6.45) is 2.75. The van der Waals surface area contributed by atoms with Crippen molar-refractivity contribution in [2.45, 2.75) is 39.5 Å². The van der Waals surface area contributed by atoms with Crippen molar-refractivity contribution in [3.8, 4) is 34.0 Å². The van der Waals surface area contributed by atoms with Gasteiger partial charge in [0.05, 0.1) is 18.5 Å². The maximum absolute atomic E-state index is 13.9. The fraction of sp³-hybridized carbons (Fsp3) is 0.226. The minimum atomic E-state index is -0.596. The number of aromatic amines is 1. The molecule has 0 amide bonds. The van der Waals surface area contributed by atoms with Gasteiger partial charge in [-0.1, -0.05) is 74.0 Å². The molecule has 5 aromatic rings. The predicted molar refractivity (Wildman–Crippen MR) is 158 cm³/mol. The van der Waals surface area contributed by atoms with Crippen molar-refractivity contribution in [3.63, 3.8) is 0 Å². The van der Waals surface area contributed by atoms with E-state index in [2.05, 4.69) is 17.1 Å². The molecule has 200 valence electrons. The van der Waals surface area contributed by atoms with E-state index in [1.807, 2.05) is 79.7 Å². The van der Waals surface area contributed by atoms with E-state index in [0.29, 0.717) is 24.2 Å². The van der Waals surface area contributed by atoms with E-state index in [1.165, 1.54) is 0 Å². The first-order chi connectivity index (χ1) is 19.0. The Kier molecular flexibility index (Phi) is 10.1. The van der Waals surface area contributed by atoms with E-state index >= 15 is 0 Å². The van der Waals surface area contributed by atoms with E-state index < -0.39 is 5.76 Å². The Labute approximate surface area is 274 Å². The standard InChI is InChI=1S/C31H30N4O4.K.H/c1-4-8-27-26(30(36)35(28(5-2)32-27)22-15-17-23(38-3)18-16-22)19-20-11-13-21(14-12-20)24-9-6-7-10-25(24)29-33-31(37)39-34-29;;/h6-7,9-18H,4-5,8,19H2,1-3H3,(H,33,34,37);;. The second kappa shape index (κ2) is 13.5. The first-order valence-corrected chi connectivity index (χ1v) is 13.0. The molecule has 2 aromatic heterocycles. The molecule has 0 unspecified atom stereocenters. The Bertz CT molecular complexity index is 1700. The zero-order chi connectivity index (χ0) is 27.4. The SMILES string of the molecule is CCCc1nc(CC)n(-c2ccc(OC)cc2)c(=O)c1Cc1ccc(-c2ccccc2-c2noc(=O)[nH]2)cc1.[KH]. The molecule has 40 heavy (non-hydrogen) atoms. The van der Waals surface area contributed by atoms with Gasteiger partial charge in [0.2, 0.25) is 0 Å². The van der Waals surface area contributed by atoms with Crippen molar-refractivity contribution < 1.29 is 9.26 Å². The number of H-pyrrole nitrogens is 1. The van der Waals surface area contributed by atoms with Gasteiger partial charge in [-0.2, -0.15) is 0 Å². The summed E-state index contributed by atoms with van der Waals surface area (Å²) in [5.74, 6) is 1.26. The number of benzene rings is 3. The van der Waals surface area contributed by atoms with Crippen molar-refractivity contribution in [1.29, 1.82) is 0 Å².